The summed E-state index contributed by atoms with van der Waals surface area (Å²) in [6, 6.07) is 7.82. The van der Waals surface area contributed by atoms with E-state index in [2.05, 4.69) is 21.3 Å². The van der Waals surface area contributed by atoms with Crippen molar-refractivity contribution in [3.8, 4) is 6.07 Å². The molecule has 1 amide bonds. The summed E-state index contributed by atoms with van der Waals surface area (Å²) in [7, 11) is 0. The fourth-order valence-corrected chi connectivity index (χ4v) is 3.77. The summed E-state index contributed by atoms with van der Waals surface area (Å²) < 4.78 is 0. The van der Waals surface area contributed by atoms with Crippen LogP contribution >= 0.6 is 11.3 Å². The van der Waals surface area contributed by atoms with Gasteiger partial charge in [-0.05, 0) is 23.9 Å². The van der Waals surface area contributed by atoms with E-state index in [0.717, 1.165) is 30.1 Å². The van der Waals surface area contributed by atoms with E-state index in [1.54, 1.807) is 23.7 Å². The first-order valence-corrected chi connectivity index (χ1v) is 8.72. The maximum Gasteiger partial charge on any atom is 0.234 e. The molecular weight excluding hydrogens is 322 g/mol. The second-order valence-electron chi connectivity index (χ2n) is 5.84. The highest BCUT2D eigenvalue weighted by molar-refractivity contribution is 7.09. The quantitative estimate of drug-likeness (QED) is 0.825. The molecule has 0 aliphatic carbocycles. The van der Waals surface area contributed by atoms with E-state index >= 15 is 0 Å². The molecule has 2 aromatic heterocycles. The summed E-state index contributed by atoms with van der Waals surface area (Å²) >= 11 is 1.63. The number of amides is 1. The number of carbonyl (C=O) groups is 1. The molecule has 0 radical (unpaired) electrons. The summed E-state index contributed by atoms with van der Waals surface area (Å²) in [5.41, 5.74) is 7.03. The van der Waals surface area contributed by atoms with Crippen LogP contribution in [0.3, 0.4) is 0 Å². The Labute approximate surface area is 144 Å². The lowest BCUT2D eigenvalue weighted by molar-refractivity contribution is -0.120. The number of nitrogens with zero attached hydrogens (tertiary/aromatic N) is 3. The first kappa shape index (κ1) is 16.4. The minimum absolute atomic E-state index is 0.169. The SMILES string of the molecule is N#Cc1cnccc1N1CC[C@H](N[C@@H](Cc2cccs2)C(N)=O)C1. The molecule has 3 N–H and O–H groups in total. The van der Waals surface area contributed by atoms with Crippen LogP contribution in [0.1, 0.15) is 16.9 Å². The summed E-state index contributed by atoms with van der Waals surface area (Å²) in [6.07, 6.45) is 4.79. The van der Waals surface area contributed by atoms with Crippen molar-refractivity contribution in [1.29, 1.82) is 5.26 Å². The van der Waals surface area contributed by atoms with Crippen molar-refractivity contribution in [2.75, 3.05) is 18.0 Å². The van der Waals surface area contributed by atoms with Gasteiger partial charge in [-0.15, -0.1) is 11.3 Å². The fraction of sp³-hybridized carbons (Fsp3) is 0.353. The highest BCUT2D eigenvalue weighted by atomic mass is 32.1. The first-order valence-electron chi connectivity index (χ1n) is 7.84. The Morgan fingerprint density at radius 2 is 2.46 bits per heavy atom. The van der Waals surface area contributed by atoms with Crippen LogP contribution in [0.15, 0.2) is 36.0 Å². The lowest BCUT2D eigenvalue weighted by atomic mass is 10.1. The third-order valence-corrected chi connectivity index (χ3v) is 5.11. The lowest BCUT2D eigenvalue weighted by Crippen LogP contribution is -2.48. The van der Waals surface area contributed by atoms with Gasteiger partial charge in [0.05, 0.1) is 17.3 Å². The van der Waals surface area contributed by atoms with E-state index in [-0.39, 0.29) is 18.0 Å². The van der Waals surface area contributed by atoms with Crippen molar-refractivity contribution in [2.24, 2.45) is 5.73 Å². The van der Waals surface area contributed by atoms with E-state index in [1.165, 1.54) is 0 Å². The molecule has 3 rings (SSSR count). The Morgan fingerprint density at radius 3 is 3.17 bits per heavy atom. The Hall–Kier alpha value is -2.43. The Balaban J connectivity index is 1.64. The van der Waals surface area contributed by atoms with Crippen LogP contribution in [0.2, 0.25) is 0 Å². The summed E-state index contributed by atoms with van der Waals surface area (Å²) in [5, 5.41) is 14.6. The second kappa shape index (κ2) is 7.43. The van der Waals surface area contributed by atoms with Crippen LogP contribution < -0.4 is 16.0 Å². The molecular formula is C17H19N5OS. The second-order valence-corrected chi connectivity index (χ2v) is 6.87. The minimum Gasteiger partial charge on any atom is -0.369 e. The third-order valence-electron chi connectivity index (χ3n) is 4.21. The molecule has 1 aliphatic rings. The molecule has 0 saturated carbocycles. The zero-order valence-electron chi connectivity index (χ0n) is 13.2. The van der Waals surface area contributed by atoms with E-state index in [1.807, 2.05) is 23.6 Å². The maximum atomic E-state index is 11.8. The number of carbonyl (C=O) groups excluding carboxylic acids is 1. The summed E-state index contributed by atoms with van der Waals surface area (Å²) in [4.78, 5) is 19.1. The number of nitrogens with one attached hydrogen (secondary N) is 1. The van der Waals surface area contributed by atoms with E-state index in [9.17, 15) is 10.1 Å². The molecule has 0 unspecified atom stereocenters. The van der Waals surface area contributed by atoms with Gasteiger partial charge in [-0.25, -0.2) is 0 Å². The maximum absolute atomic E-state index is 11.8. The van der Waals surface area contributed by atoms with E-state index in [4.69, 9.17) is 5.73 Å². The number of hydrogen-bond donors (Lipinski definition) is 2. The summed E-state index contributed by atoms with van der Waals surface area (Å²) in [6.45, 7) is 1.58. The largest absolute Gasteiger partial charge is 0.369 e. The Bertz CT molecular complexity index is 740. The van der Waals surface area contributed by atoms with Crippen molar-refractivity contribution in [1.82, 2.24) is 10.3 Å². The molecule has 24 heavy (non-hydrogen) atoms. The average molecular weight is 341 g/mol. The van der Waals surface area contributed by atoms with Gasteiger partial charge in [-0.3, -0.25) is 9.78 Å². The van der Waals surface area contributed by atoms with Crippen LogP contribution in [0.25, 0.3) is 0 Å². The van der Waals surface area contributed by atoms with Gasteiger partial charge in [-0.1, -0.05) is 6.07 Å². The van der Waals surface area contributed by atoms with Crippen molar-refractivity contribution in [3.63, 3.8) is 0 Å². The van der Waals surface area contributed by atoms with Crippen LogP contribution in [0.5, 0.6) is 0 Å². The highest BCUT2D eigenvalue weighted by Gasteiger charge is 2.28. The van der Waals surface area contributed by atoms with Gasteiger partial charge in [-0.2, -0.15) is 5.26 Å². The van der Waals surface area contributed by atoms with Crippen molar-refractivity contribution < 1.29 is 4.79 Å². The molecule has 7 heteroatoms. The zero-order valence-corrected chi connectivity index (χ0v) is 14.0. The Morgan fingerprint density at radius 1 is 1.58 bits per heavy atom. The van der Waals surface area contributed by atoms with Crippen LogP contribution in [-0.4, -0.2) is 36.1 Å². The van der Waals surface area contributed by atoms with Gasteiger partial charge < -0.3 is 16.0 Å². The van der Waals surface area contributed by atoms with Gasteiger partial charge in [0.25, 0.3) is 0 Å². The third kappa shape index (κ3) is 3.72. The minimum atomic E-state index is -0.374. The average Bonchev–Trinajstić information content (AvgIpc) is 3.26. The molecule has 0 bridgehead atoms. The molecule has 0 aromatic carbocycles. The van der Waals surface area contributed by atoms with E-state index < -0.39 is 0 Å². The number of nitrogens with two attached hydrogens (primary N) is 1. The topological polar surface area (TPSA) is 95.0 Å². The summed E-state index contributed by atoms with van der Waals surface area (Å²) in [5.74, 6) is -0.330. The van der Waals surface area contributed by atoms with Crippen LogP contribution in [0, 0.1) is 11.3 Å². The van der Waals surface area contributed by atoms with Crippen LogP contribution in [-0.2, 0) is 11.2 Å². The van der Waals surface area contributed by atoms with Gasteiger partial charge in [0.15, 0.2) is 0 Å². The first-order chi connectivity index (χ1) is 11.7. The highest BCUT2D eigenvalue weighted by Crippen LogP contribution is 2.23. The number of aromatic nitrogens is 1. The molecule has 1 fully saturated rings. The molecule has 2 atom stereocenters. The van der Waals surface area contributed by atoms with Gasteiger partial charge in [0.1, 0.15) is 6.07 Å². The predicted octanol–water partition coefficient (Wildman–Crippen LogP) is 1.28. The number of anilines is 1. The smallest absolute Gasteiger partial charge is 0.234 e. The van der Waals surface area contributed by atoms with Gasteiger partial charge >= 0.3 is 0 Å². The molecule has 124 valence electrons. The Kier molecular flexibility index (Phi) is 5.08. The van der Waals surface area contributed by atoms with Crippen molar-refractivity contribution in [2.45, 2.75) is 24.9 Å². The lowest BCUT2D eigenvalue weighted by Gasteiger charge is -2.22. The van der Waals surface area contributed by atoms with Crippen molar-refractivity contribution in [3.05, 3.63) is 46.4 Å². The molecule has 0 spiro atoms. The van der Waals surface area contributed by atoms with E-state index in [0.29, 0.717) is 12.0 Å². The number of thiophene rings is 1. The molecule has 3 heterocycles. The zero-order chi connectivity index (χ0) is 16.9. The monoisotopic (exact) mass is 341 g/mol. The van der Waals surface area contributed by atoms with Gasteiger partial charge in [0.2, 0.25) is 5.91 Å². The number of rotatable bonds is 6. The number of primary amides is 1. The van der Waals surface area contributed by atoms with Crippen molar-refractivity contribution >= 4 is 22.9 Å². The molecule has 6 nitrogen and oxygen atoms in total. The molecule has 1 saturated heterocycles. The predicted molar refractivity (Wildman–Crippen MR) is 93.7 cm³/mol. The van der Waals surface area contributed by atoms with Crippen LogP contribution in [0.4, 0.5) is 5.69 Å². The molecule has 2 aromatic rings. The normalized spacial score (nSPS) is 18.3. The van der Waals surface area contributed by atoms with Gasteiger partial charge in [0, 0.05) is 42.8 Å². The number of hydrogen-bond acceptors (Lipinski definition) is 6. The fourth-order valence-electron chi connectivity index (χ4n) is 3.02. The molecule has 1 aliphatic heterocycles. The number of nitriles is 1. The number of pyridine rings is 1. The standard InChI is InChI=1S/C17H19N5OS/c18-9-12-10-20-5-3-16(12)22-6-4-13(11-22)21-15(17(19)23)8-14-2-1-7-24-14/h1-3,5,7,10,13,15,21H,4,6,8,11H2,(H2,19,23)/t13-,15-/m0/s1.